The van der Waals surface area contributed by atoms with E-state index in [9.17, 15) is 5.11 Å². The molecule has 0 aliphatic carbocycles. The number of hydrogen-bond donors (Lipinski definition) is 2. The maximum absolute atomic E-state index is 9.88. The Balaban J connectivity index is 2.24. The first-order valence-corrected chi connectivity index (χ1v) is 5.60. The standard InChI is InChI=1S/C7H11BINO2/c8-6-4-1-10-3-7(2-9,12-6)5(4)11/h4-6,10-11H,1-3H2/t4?,5?,6-,7+/m1/s1. The van der Waals surface area contributed by atoms with Crippen molar-refractivity contribution in [1.82, 2.24) is 5.32 Å². The Morgan fingerprint density at radius 1 is 1.75 bits per heavy atom. The van der Waals surface area contributed by atoms with Crippen LogP contribution in [0.5, 0.6) is 0 Å². The number of hydrogen-bond acceptors (Lipinski definition) is 3. The van der Waals surface area contributed by atoms with Crippen molar-refractivity contribution in [3.63, 3.8) is 0 Å². The van der Waals surface area contributed by atoms with Crippen LogP contribution in [0.3, 0.4) is 0 Å². The second-order valence-electron chi connectivity index (χ2n) is 3.52. The normalized spacial score (nSPS) is 52.7. The van der Waals surface area contributed by atoms with Crippen molar-refractivity contribution in [2.24, 2.45) is 5.92 Å². The highest BCUT2D eigenvalue weighted by Gasteiger charge is 2.53. The lowest BCUT2D eigenvalue weighted by Gasteiger charge is -2.35. The summed E-state index contributed by atoms with van der Waals surface area (Å²) in [6, 6.07) is -0.301. The van der Waals surface area contributed by atoms with Crippen LogP contribution in [0.2, 0.25) is 0 Å². The van der Waals surface area contributed by atoms with Gasteiger partial charge in [0.15, 0.2) is 0 Å². The van der Waals surface area contributed by atoms with Gasteiger partial charge in [-0.05, 0) is 0 Å². The monoisotopic (exact) mass is 279 g/mol. The molecule has 0 aromatic carbocycles. The van der Waals surface area contributed by atoms with Gasteiger partial charge in [-0.1, -0.05) is 22.6 Å². The molecule has 0 aromatic heterocycles. The molecule has 2 aliphatic heterocycles. The van der Waals surface area contributed by atoms with Crippen LogP contribution in [-0.4, -0.2) is 48.2 Å². The predicted molar refractivity (Wildman–Crippen MR) is 54.6 cm³/mol. The van der Waals surface area contributed by atoms with Gasteiger partial charge in [-0.25, -0.2) is 0 Å². The van der Waals surface area contributed by atoms with Gasteiger partial charge in [0.05, 0.1) is 6.10 Å². The SMILES string of the molecule is [B][C@@H]1O[C@@]2(CI)CNCC1C2O. The molecule has 0 spiro atoms. The summed E-state index contributed by atoms with van der Waals surface area (Å²) in [7, 11) is 5.75. The first-order valence-electron chi connectivity index (χ1n) is 4.08. The first-order chi connectivity index (χ1) is 5.69. The molecule has 2 radical (unpaired) electrons. The fraction of sp³-hybridized carbons (Fsp3) is 1.00. The Morgan fingerprint density at radius 2 is 2.50 bits per heavy atom. The van der Waals surface area contributed by atoms with Gasteiger partial charge >= 0.3 is 0 Å². The summed E-state index contributed by atoms with van der Waals surface area (Å²) >= 11 is 2.23. The zero-order chi connectivity index (χ0) is 8.77. The third kappa shape index (κ3) is 1.13. The van der Waals surface area contributed by atoms with Gasteiger partial charge in [-0.2, -0.15) is 0 Å². The van der Waals surface area contributed by atoms with Crippen LogP contribution < -0.4 is 5.32 Å². The fourth-order valence-electron chi connectivity index (χ4n) is 1.98. The molecule has 2 unspecified atom stereocenters. The van der Waals surface area contributed by atoms with Crippen LogP contribution in [0.1, 0.15) is 0 Å². The molecule has 2 bridgehead atoms. The largest absolute Gasteiger partial charge is 0.390 e. The van der Waals surface area contributed by atoms with Gasteiger partial charge in [0.25, 0.3) is 0 Å². The van der Waals surface area contributed by atoms with Gasteiger partial charge < -0.3 is 15.2 Å². The minimum atomic E-state index is -0.428. The maximum Gasteiger partial charge on any atom is 0.115 e. The highest BCUT2D eigenvalue weighted by atomic mass is 127. The Labute approximate surface area is 86.8 Å². The summed E-state index contributed by atoms with van der Waals surface area (Å²) in [5, 5.41) is 13.1. The number of halogens is 1. The Hall–Kier alpha value is 0.675. The molecule has 0 saturated carbocycles. The summed E-state index contributed by atoms with van der Waals surface area (Å²) in [5.74, 6) is 0.0634. The van der Waals surface area contributed by atoms with E-state index in [1.807, 2.05) is 0 Å². The number of rotatable bonds is 1. The number of ether oxygens (including phenoxy) is 1. The number of nitrogens with one attached hydrogen (secondary N) is 1. The van der Waals surface area contributed by atoms with E-state index in [-0.39, 0.29) is 11.9 Å². The van der Waals surface area contributed by atoms with Crippen molar-refractivity contribution < 1.29 is 9.84 Å². The van der Waals surface area contributed by atoms with E-state index in [4.69, 9.17) is 12.6 Å². The lowest BCUT2D eigenvalue weighted by atomic mass is 9.80. The van der Waals surface area contributed by atoms with Gasteiger partial charge in [0.2, 0.25) is 0 Å². The molecule has 0 aromatic rings. The lowest BCUT2D eigenvalue weighted by molar-refractivity contribution is -0.0509. The van der Waals surface area contributed by atoms with Gasteiger partial charge in [0.1, 0.15) is 13.4 Å². The van der Waals surface area contributed by atoms with Gasteiger partial charge in [0, 0.05) is 29.4 Å². The Kier molecular flexibility index (Phi) is 2.40. The summed E-state index contributed by atoms with van der Waals surface area (Å²) < 4.78 is 6.37. The summed E-state index contributed by atoms with van der Waals surface area (Å²) in [6.45, 7) is 1.47. The van der Waals surface area contributed by atoms with Crippen molar-refractivity contribution in [3.8, 4) is 0 Å². The van der Waals surface area contributed by atoms with Crippen LogP contribution in [0.25, 0.3) is 0 Å². The van der Waals surface area contributed by atoms with Crippen LogP contribution in [0.4, 0.5) is 0 Å². The first kappa shape index (κ1) is 9.24. The predicted octanol–water partition coefficient (Wildman–Crippen LogP) is -0.735. The van der Waals surface area contributed by atoms with E-state index in [2.05, 4.69) is 27.9 Å². The van der Waals surface area contributed by atoms with Crippen LogP contribution in [0, 0.1) is 5.92 Å². The number of piperidine rings is 1. The average molecular weight is 279 g/mol. The Bertz CT molecular complexity index is 194. The van der Waals surface area contributed by atoms with Crippen molar-refractivity contribution in [1.29, 1.82) is 0 Å². The molecule has 3 nitrogen and oxygen atoms in total. The van der Waals surface area contributed by atoms with Crippen molar-refractivity contribution in [3.05, 3.63) is 0 Å². The zero-order valence-electron chi connectivity index (χ0n) is 6.66. The third-order valence-electron chi connectivity index (χ3n) is 2.77. The van der Waals surface area contributed by atoms with Crippen LogP contribution in [0.15, 0.2) is 0 Å². The molecule has 5 heteroatoms. The second-order valence-corrected chi connectivity index (χ2v) is 4.28. The van der Waals surface area contributed by atoms with Crippen molar-refractivity contribution in [2.75, 3.05) is 17.5 Å². The van der Waals surface area contributed by atoms with Crippen molar-refractivity contribution >= 4 is 30.4 Å². The maximum atomic E-state index is 9.88. The summed E-state index contributed by atoms with van der Waals surface area (Å²) in [5.41, 5.74) is -0.428. The molecule has 12 heavy (non-hydrogen) atoms. The quantitative estimate of drug-likeness (QED) is 0.377. The van der Waals surface area contributed by atoms with Crippen LogP contribution in [-0.2, 0) is 4.74 Å². The highest BCUT2D eigenvalue weighted by Crippen LogP contribution is 2.37. The smallest absolute Gasteiger partial charge is 0.115 e. The molecule has 2 rings (SSSR count). The van der Waals surface area contributed by atoms with E-state index < -0.39 is 11.7 Å². The molecule has 2 N–H and O–H groups in total. The zero-order valence-corrected chi connectivity index (χ0v) is 8.82. The molecule has 2 heterocycles. The number of fused-ring (bicyclic) bond motifs is 2. The Morgan fingerprint density at radius 3 is 3.08 bits per heavy atom. The van der Waals surface area contributed by atoms with Crippen molar-refractivity contribution in [2.45, 2.75) is 17.7 Å². The molecule has 2 saturated heterocycles. The molecule has 2 aliphatic rings. The summed E-state index contributed by atoms with van der Waals surface area (Å²) in [4.78, 5) is 0. The second kappa shape index (κ2) is 3.11. The fourth-order valence-corrected chi connectivity index (χ4v) is 2.88. The van der Waals surface area contributed by atoms with E-state index in [1.165, 1.54) is 0 Å². The minimum absolute atomic E-state index is 0.0634. The van der Waals surface area contributed by atoms with E-state index in [0.717, 1.165) is 11.0 Å². The van der Waals surface area contributed by atoms with E-state index in [0.29, 0.717) is 6.54 Å². The van der Waals surface area contributed by atoms with E-state index >= 15 is 0 Å². The highest BCUT2D eigenvalue weighted by molar-refractivity contribution is 14.1. The molecular formula is C7H11BINO2. The molecular weight excluding hydrogens is 268 g/mol. The number of alkyl halides is 1. The van der Waals surface area contributed by atoms with E-state index in [1.54, 1.807) is 0 Å². The molecule has 66 valence electrons. The average Bonchev–Trinajstić information content (AvgIpc) is 2.23. The molecule has 0 amide bonds. The summed E-state index contributed by atoms with van der Waals surface area (Å²) in [6.07, 6.45) is -0.398. The molecule has 4 atom stereocenters. The number of aliphatic hydroxyl groups is 1. The number of aliphatic hydroxyl groups excluding tert-OH is 1. The van der Waals surface area contributed by atoms with Crippen LogP contribution >= 0.6 is 22.6 Å². The topological polar surface area (TPSA) is 41.5 Å². The lowest BCUT2D eigenvalue weighted by Crippen LogP contribution is -2.56. The minimum Gasteiger partial charge on any atom is -0.390 e. The van der Waals surface area contributed by atoms with Gasteiger partial charge in [-0.3, -0.25) is 0 Å². The molecule has 2 fully saturated rings. The third-order valence-corrected chi connectivity index (χ3v) is 4.06. The van der Waals surface area contributed by atoms with Gasteiger partial charge in [-0.15, -0.1) is 0 Å².